The maximum atomic E-state index is 11.2. The highest BCUT2D eigenvalue weighted by molar-refractivity contribution is 5.75. The van der Waals surface area contributed by atoms with Crippen molar-refractivity contribution < 1.29 is 4.79 Å². The maximum absolute atomic E-state index is 11.2. The topological polar surface area (TPSA) is 41.1 Å². The summed E-state index contributed by atoms with van der Waals surface area (Å²) in [6.45, 7) is 4.80. The molecule has 82 valence electrons. The minimum absolute atomic E-state index is 0.174. The van der Waals surface area contributed by atoms with Crippen LogP contribution in [0.4, 0.5) is 0 Å². The number of carbonyl (C=O) groups excluding carboxylic acids is 1. The average molecular weight is 198 g/mol. The molecule has 0 aromatic carbocycles. The van der Waals surface area contributed by atoms with E-state index in [0.29, 0.717) is 6.42 Å². The van der Waals surface area contributed by atoms with Gasteiger partial charge in [0.25, 0.3) is 0 Å². The monoisotopic (exact) mass is 198 g/mol. The summed E-state index contributed by atoms with van der Waals surface area (Å²) in [5, 5.41) is 6.20. The van der Waals surface area contributed by atoms with Crippen molar-refractivity contribution in [2.24, 2.45) is 5.92 Å². The van der Waals surface area contributed by atoms with Crippen LogP contribution in [-0.2, 0) is 4.79 Å². The third-order valence-electron chi connectivity index (χ3n) is 2.76. The number of amides is 1. The van der Waals surface area contributed by atoms with Crippen LogP contribution in [0.15, 0.2) is 0 Å². The molecule has 2 N–H and O–H groups in total. The van der Waals surface area contributed by atoms with Crippen molar-refractivity contribution in [1.82, 2.24) is 10.6 Å². The summed E-state index contributed by atoms with van der Waals surface area (Å²) >= 11 is 0. The molecule has 0 unspecified atom stereocenters. The molecule has 0 aromatic rings. The van der Waals surface area contributed by atoms with Crippen LogP contribution < -0.4 is 10.6 Å². The molecule has 0 spiro atoms. The fraction of sp³-hybridized carbons (Fsp3) is 0.909. The predicted molar refractivity (Wildman–Crippen MR) is 58.1 cm³/mol. The molecule has 14 heavy (non-hydrogen) atoms. The van der Waals surface area contributed by atoms with Gasteiger partial charge in [0.15, 0.2) is 0 Å². The molecule has 1 aliphatic rings. The smallest absolute Gasteiger partial charge is 0.221 e. The van der Waals surface area contributed by atoms with Gasteiger partial charge in [-0.25, -0.2) is 0 Å². The average Bonchev–Trinajstić information content (AvgIpc) is 2.11. The van der Waals surface area contributed by atoms with E-state index in [4.69, 9.17) is 0 Å². The van der Waals surface area contributed by atoms with E-state index in [1.54, 1.807) is 0 Å². The van der Waals surface area contributed by atoms with E-state index in [2.05, 4.69) is 17.6 Å². The van der Waals surface area contributed by atoms with Crippen LogP contribution >= 0.6 is 0 Å². The van der Waals surface area contributed by atoms with Crippen LogP contribution in [0, 0.1) is 5.92 Å². The standard InChI is InChI=1S/C11H22N2O/c1-2-7-13-11(14)6-8-12-9-10-4-3-5-10/h10,12H,2-9H2,1H3,(H,13,14). The summed E-state index contributed by atoms with van der Waals surface area (Å²) in [7, 11) is 0. The number of rotatable bonds is 7. The van der Waals surface area contributed by atoms with Crippen molar-refractivity contribution in [1.29, 1.82) is 0 Å². The van der Waals surface area contributed by atoms with Gasteiger partial charge in [-0.15, -0.1) is 0 Å². The SMILES string of the molecule is CCCNC(=O)CCNCC1CCC1. The number of hydrogen-bond donors (Lipinski definition) is 2. The van der Waals surface area contributed by atoms with E-state index in [-0.39, 0.29) is 5.91 Å². The summed E-state index contributed by atoms with van der Waals surface area (Å²) in [6.07, 6.45) is 5.77. The molecule has 1 fully saturated rings. The summed E-state index contributed by atoms with van der Waals surface area (Å²) in [6, 6.07) is 0. The lowest BCUT2D eigenvalue weighted by atomic mass is 9.85. The first-order valence-electron chi connectivity index (χ1n) is 5.80. The van der Waals surface area contributed by atoms with Crippen molar-refractivity contribution in [3.05, 3.63) is 0 Å². The molecule has 1 aliphatic carbocycles. The summed E-state index contributed by atoms with van der Waals surface area (Å²) in [5.41, 5.74) is 0. The first-order chi connectivity index (χ1) is 6.83. The Balaban J connectivity index is 1.84. The Hall–Kier alpha value is -0.570. The normalized spacial score (nSPS) is 16.4. The zero-order valence-corrected chi connectivity index (χ0v) is 9.14. The van der Waals surface area contributed by atoms with Crippen molar-refractivity contribution in [2.45, 2.75) is 39.0 Å². The van der Waals surface area contributed by atoms with Crippen LogP contribution in [0.2, 0.25) is 0 Å². The van der Waals surface area contributed by atoms with E-state index in [1.807, 2.05) is 0 Å². The van der Waals surface area contributed by atoms with E-state index in [9.17, 15) is 4.79 Å². The molecule has 0 atom stereocenters. The second kappa shape index (κ2) is 6.82. The van der Waals surface area contributed by atoms with Crippen LogP contribution in [0.5, 0.6) is 0 Å². The highest BCUT2D eigenvalue weighted by atomic mass is 16.1. The summed E-state index contributed by atoms with van der Waals surface area (Å²) in [4.78, 5) is 11.2. The molecular weight excluding hydrogens is 176 g/mol. The van der Waals surface area contributed by atoms with Gasteiger partial charge in [-0.05, 0) is 31.7 Å². The number of nitrogens with one attached hydrogen (secondary N) is 2. The molecular formula is C11H22N2O. The fourth-order valence-electron chi connectivity index (χ4n) is 1.56. The molecule has 1 rings (SSSR count). The molecule has 1 saturated carbocycles. The predicted octanol–water partition coefficient (Wildman–Crippen LogP) is 1.29. The van der Waals surface area contributed by atoms with Crippen molar-refractivity contribution in [3.63, 3.8) is 0 Å². The molecule has 0 bridgehead atoms. The minimum atomic E-state index is 0.174. The quantitative estimate of drug-likeness (QED) is 0.605. The molecule has 1 amide bonds. The second-order valence-corrected chi connectivity index (χ2v) is 4.10. The Morgan fingerprint density at radius 1 is 1.36 bits per heavy atom. The number of hydrogen-bond acceptors (Lipinski definition) is 2. The van der Waals surface area contributed by atoms with Gasteiger partial charge >= 0.3 is 0 Å². The third kappa shape index (κ3) is 4.61. The molecule has 0 aliphatic heterocycles. The maximum Gasteiger partial charge on any atom is 0.221 e. The van der Waals surface area contributed by atoms with E-state index >= 15 is 0 Å². The van der Waals surface area contributed by atoms with Gasteiger partial charge in [-0.3, -0.25) is 4.79 Å². The summed E-state index contributed by atoms with van der Waals surface area (Å²) in [5.74, 6) is 1.06. The highest BCUT2D eigenvalue weighted by Crippen LogP contribution is 2.24. The van der Waals surface area contributed by atoms with Crippen molar-refractivity contribution in [3.8, 4) is 0 Å². The Labute approximate surface area is 86.6 Å². The fourth-order valence-corrected chi connectivity index (χ4v) is 1.56. The zero-order chi connectivity index (χ0) is 10.2. The van der Waals surface area contributed by atoms with Gasteiger partial charge in [0.1, 0.15) is 0 Å². The Bertz CT molecular complexity index is 167. The van der Waals surface area contributed by atoms with Gasteiger partial charge in [0.05, 0.1) is 0 Å². The van der Waals surface area contributed by atoms with E-state index in [1.165, 1.54) is 19.3 Å². The lowest BCUT2D eigenvalue weighted by Crippen LogP contribution is -2.32. The zero-order valence-electron chi connectivity index (χ0n) is 9.14. The Kier molecular flexibility index (Phi) is 5.60. The molecule has 0 saturated heterocycles. The van der Waals surface area contributed by atoms with Gasteiger partial charge in [-0.1, -0.05) is 13.3 Å². The Morgan fingerprint density at radius 2 is 2.14 bits per heavy atom. The Morgan fingerprint density at radius 3 is 2.71 bits per heavy atom. The molecule has 3 nitrogen and oxygen atoms in total. The van der Waals surface area contributed by atoms with Crippen molar-refractivity contribution >= 4 is 5.91 Å². The van der Waals surface area contributed by atoms with E-state index < -0.39 is 0 Å². The largest absolute Gasteiger partial charge is 0.356 e. The summed E-state index contributed by atoms with van der Waals surface area (Å²) < 4.78 is 0. The lowest BCUT2D eigenvalue weighted by molar-refractivity contribution is -0.120. The first kappa shape index (κ1) is 11.5. The van der Waals surface area contributed by atoms with Crippen molar-refractivity contribution in [2.75, 3.05) is 19.6 Å². The van der Waals surface area contributed by atoms with Crippen LogP contribution in [0.1, 0.15) is 39.0 Å². The van der Waals surface area contributed by atoms with Crippen LogP contribution in [0.25, 0.3) is 0 Å². The van der Waals surface area contributed by atoms with Gasteiger partial charge in [0.2, 0.25) is 5.91 Å². The second-order valence-electron chi connectivity index (χ2n) is 4.10. The third-order valence-corrected chi connectivity index (χ3v) is 2.76. The van der Waals surface area contributed by atoms with Gasteiger partial charge in [-0.2, -0.15) is 0 Å². The minimum Gasteiger partial charge on any atom is -0.356 e. The molecule has 0 radical (unpaired) electrons. The van der Waals surface area contributed by atoms with Gasteiger partial charge in [0, 0.05) is 19.5 Å². The van der Waals surface area contributed by atoms with E-state index in [0.717, 1.165) is 32.0 Å². The highest BCUT2D eigenvalue weighted by Gasteiger charge is 2.16. The lowest BCUT2D eigenvalue weighted by Gasteiger charge is -2.25. The van der Waals surface area contributed by atoms with Gasteiger partial charge < -0.3 is 10.6 Å². The molecule has 3 heteroatoms. The molecule has 0 heterocycles. The first-order valence-corrected chi connectivity index (χ1v) is 5.80. The molecule has 0 aromatic heterocycles. The number of carbonyl (C=O) groups is 1. The van der Waals surface area contributed by atoms with Crippen LogP contribution in [-0.4, -0.2) is 25.5 Å². The van der Waals surface area contributed by atoms with Crippen LogP contribution in [0.3, 0.4) is 0 Å².